The maximum absolute atomic E-state index is 12.9. The van der Waals surface area contributed by atoms with Crippen LogP contribution in [0.1, 0.15) is 17.3 Å². The predicted octanol–water partition coefficient (Wildman–Crippen LogP) is 1.52. The summed E-state index contributed by atoms with van der Waals surface area (Å²) in [5.41, 5.74) is 0.339. The van der Waals surface area contributed by atoms with E-state index in [0.717, 1.165) is 10.4 Å². The average molecular weight is 449 g/mol. The molecule has 0 aliphatic carbocycles. The second kappa shape index (κ2) is 10.4. The lowest BCUT2D eigenvalue weighted by molar-refractivity contribution is -0.123. The Bertz CT molecular complexity index is 1050. The lowest BCUT2D eigenvalue weighted by atomic mass is 10.2. The maximum Gasteiger partial charge on any atom is 0.338 e. The van der Waals surface area contributed by atoms with E-state index < -0.39 is 34.5 Å². The van der Waals surface area contributed by atoms with Crippen molar-refractivity contribution in [2.75, 3.05) is 31.6 Å². The molecule has 0 aliphatic rings. The van der Waals surface area contributed by atoms with Crippen molar-refractivity contribution >= 4 is 33.6 Å². The van der Waals surface area contributed by atoms with E-state index in [0.29, 0.717) is 18.0 Å². The fraction of sp³-hybridized carbons (Fsp3) is 0.250. The SMILES string of the molecule is CCNC(=O)NC(=O)COC(=O)c1cccc(S(=O)(=O)N(C)c2ccc(OC)cc2)c1. The third-order valence-corrected chi connectivity index (χ3v) is 5.87. The van der Waals surface area contributed by atoms with Crippen LogP contribution in [0.3, 0.4) is 0 Å². The number of carbonyl (C=O) groups is 3. The summed E-state index contributed by atoms with van der Waals surface area (Å²) in [6.07, 6.45) is 0. The summed E-state index contributed by atoms with van der Waals surface area (Å²) < 4.78 is 36.9. The first kappa shape index (κ1) is 23.7. The first-order valence-corrected chi connectivity index (χ1v) is 10.6. The Balaban J connectivity index is 2.11. The van der Waals surface area contributed by atoms with Gasteiger partial charge < -0.3 is 14.8 Å². The maximum atomic E-state index is 12.9. The van der Waals surface area contributed by atoms with Crippen molar-refractivity contribution in [3.05, 3.63) is 54.1 Å². The topological polar surface area (TPSA) is 131 Å². The molecule has 11 heteroatoms. The molecule has 0 aromatic heterocycles. The zero-order valence-electron chi connectivity index (χ0n) is 17.2. The van der Waals surface area contributed by atoms with Gasteiger partial charge in [0.1, 0.15) is 5.75 Å². The second-order valence-electron chi connectivity index (χ2n) is 6.18. The Labute approximate surface area is 180 Å². The second-order valence-corrected chi connectivity index (χ2v) is 8.15. The van der Waals surface area contributed by atoms with Crippen LogP contribution in [-0.4, -0.2) is 53.6 Å². The number of ether oxygens (including phenoxy) is 2. The minimum Gasteiger partial charge on any atom is -0.497 e. The Morgan fingerprint density at radius 3 is 2.35 bits per heavy atom. The van der Waals surface area contributed by atoms with Crippen molar-refractivity contribution in [1.82, 2.24) is 10.6 Å². The summed E-state index contributed by atoms with van der Waals surface area (Å²) in [5, 5.41) is 4.35. The number of imide groups is 1. The molecule has 0 heterocycles. The van der Waals surface area contributed by atoms with Crippen LogP contribution in [0.5, 0.6) is 5.75 Å². The highest BCUT2D eigenvalue weighted by Gasteiger charge is 2.23. The van der Waals surface area contributed by atoms with Gasteiger partial charge in [0.05, 0.1) is 23.3 Å². The van der Waals surface area contributed by atoms with Crippen molar-refractivity contribution in [1.29, 1.82) is 0 Å². The third-order valence-electron chi connectivity index (χ3n) is 4.09. The van der Waals surface area contributed by atoms with Crippen molar-refractivity contribution < 1.29 is 32.3 Å². The summed E-state index contributed by atoms with van der Waals surface area (Å²) in [6.45, 7) is 1.31. The normalized spacial score (nSPS) is 10.7. The van der Waals surface area contributed by atoms with Gasteiger partial charge in [-0.3, -0.25) is 14.4 Å². The van der Waals surface area contributed by atoms with Gasteiger partial charge in [-0.15, -0.1) is 0 Å². The molecule has 31 heavy (non-hydrogen) atoms. The summed E-state index contributed by atoms with van der Waals surface area (Å²) in [7, 11) is -1.08. The number of nitrogens with one attached hydrogen (secondary N) is 2. The molecule has 0 aliphatic heterocycles. The molecule has 0 saturated heterocycles. The minimum atomic E-state index is -3.97. The van der Waals surface area contributed by atoms with Gasteiger partial charge in [-0.2, -0.15) is 0 Å². The number of benzene rings is 2. The highest BCUT2D eigenvalue weighted by atomic mass is 32.2. The molecule has 2 N–H and O–H groups in total. The van der Waals surface area contributed by atoms with Gasteiger partial charge in [0.15, 0.2) is 6.61 Å². The van der Waals surface area contributed by atoms with Crippen molar-refractivity contribution in [2.24, 2.45) is 0 Å². The lowest BCUT2D eigenvalue weighted by Gasteiger charge is -2.20. The first-order valence-electron chi connectivity index (χ1n) is 9.17. The average Bonchev–Trinajstić information content (AvgIpc) is 2.77. The Kier molecular flexibility index (Phi) is 7.97. The molecule has 0 saturated carbocycles. The molecule has 0 spiro atoms. The third kappa shape index (κ3) is 6.19. The highest BCUT2D eigenvalue weighted by molar-refractivity contribution is 7.92. The van der Waals surface area contributed by atoms with Crippen LogP contribution in [0, 0.1) is 0 Å². The van der Waals surface area contributed by atoms with Gasteiger partial charge in [0, 0.05) is 13.6 Å². The van der Waals surface area contributed by atoms with Gasteiger partial charge in [0.25, 0.3) is 15.9 Å². The van der Waals surface area contributed by atoms with Crippen LogP contribution in [-0.2, 0) is 19.6 Å². The summed E-state index contributed by atoms with van der Waals surface area (Å²) in [5.74, 6) is -1.15. The van der Waals surface area contributed by atoms with Crippen LogP contribution in [0.25, 0.3) is 0 Å². The molecular formula is C20H23N3O7S. The van der Waals surface area contributed by atoms with Crippen LogP contribution < -0.4 is 19.7 Å². The number of nitrogens with zero attached hydrogens (tertiary/aromatic N) is 1. The molecule has 2 aromatic carbocycles. The van der Waals surface area contributed by atoms with Gasteiger partial charge in [-0.1, -0.05) is 6.07 Å². The number of rotatable bonds is 8. The quantitative estimate of drug-likeness (QED) is 0.584. The number of urea groups is 1. The van der Waals surface area contributed by atoms with Crippen molar-refractivity contribution in [3.8, 4) is 5.75 Å². The molecule has 166 valence electrons. The van der Waals surface area contributed by atoms with Gasteiger partial charge in [-0.05, 0) is 49.4 Å². The molecule has 0 bridgehead atoms. The Hall–Kier alpha value is -3.60. The van der Waals surface area contributed by atoms with E-state index in [1.54, 1.807) is 31.2 Å². The van der Waals surface area contributed by atoms with Crippen molar-refractivity contribution in [2.45, 2.75) is 11.8 Å². The van der Waals surface area contributed by atoms with Gasteiger partial charge in [-0.25, -0.2) is 18.0 Å². The van der Waals surface area contributed by atoms with Crippen LogP contribution in [0.4, 0.5) is 10.5 Å². The van der Waals surface area contributed by atoms with E-state index in [4.69, 9.17) is 9.47 Å². The highest BCUT2D eigenvalue weighted by Crippen LogP contribution is 2.24. The van der Waals surface area contributed by atoms with E-state index in [2.05, 4.69) is 5.32 Å². The fourth-order valence-electron chi connectivity index (χ4n) is 2.45. The molecule has 0 fully saturated rings. The summed E-state index contributed by atoms with van der Waals surface area (Å²) in [4.78, 5) is 35.0. The minimum absolute atomic E-state index is 0.0602. The van der Waals surface area contributed by atoms with E-state index in [9.17, 15) is 22.8 Å². The molecule has 2 aromatic rings. The fourth-order valence-corrected chi connectivity index (χ4v) is 3.70. The number of hydrogen-bond donors (Lipinski definition) is 2. The Morgan fingerprint density at radius 1 is 1.06 bits per heavy atom. The van der Waals surface area contributed by atoms with E-state index in [-0.39, 0.29) is 10.5 Å². The van der Waals surface area contributed by atoms with Gasteiger partial charge in [0.2, 0.25) is 0 Å². The number of methoxy groups -OCH3 is 1. The van der Waals surface area contributed by atoms with Crippen molar-refractivity contribution in [3.63, 3.8) is 0 Å². The van der Waals surface area contributed by atoms with Gasteiger partial charge >= 0.3 is 12.0 Å². The molecule has 10 nitrogen and oxygen atoms in total. The smallest absolute Gasteiger partial charge is 0.338 e. The van der Waals surface area contributed by atoms with Crippen LogP contribution in [0.2, 0.25) is 0 Å². The Morgan fingerprint density at radius 2 is 1.74 bits per heavy atom. The first-order chi connectivity index (χ1) is 14.7. The van der Waals surface area contributed by atoms with E-state index in [1.807, 2.05) is 5.32 Å². The molecule has 0 atom stereocenters. The number of sulfonamides is 1. The lowest BCUT2D eigenvalue weighted by Crippen LogP contribution is -2.41. The number of carbonyl (C=O) groups excluding carboxylic acids is 3. The molecule has 0 unspecified atom stereocenters. The van der Waals surface area contributed by atoms with E-state index in [1.165, 1.54) is 32.4 Å². The number of anilines is 1. The number of amides is 3. The number of hydrogen-bond acceptors (Lipinski definition) is 7. The van der Waals surface area contributed by atoms with Crippen LogP contribution in [0.15, 0.2) is 53.4 Å². The molecule has 3 amide bonds. The standard InChI is InChI=1S/C20H23N3O7S/c1-4-21-20(26)22-18(24)13-30-19(25)14-6-5-7-17(12-14)31(27,28)23(2)15-8-10-16(29-3)11-9-15/h5-12H,4,13H2,1-3H3,(H2,21,22,24,26). The summed E-state index contributed by atoms with van der Waals surface area (Å²) in [6, 6.07) is 11.0. The molecule has 0 radical (unpaired) electrons. The number of esters is 1. The zero-order valence-corrected chi connectivity index (χ0v) is 18.1. The predicted molar refractivity (Wildman–Crippen MR) is 113 cm³/mol. The molecular weight excluding hydrogens is 426 g/mol. The van der Waals surface area contributed by atoms with E-state index >= 15 is 0 Å². The summed E-state index contributed by atoms with van der Waals surface area (Å²) >= 11 is 0. The largest absolute Gasteiger partial charge is 0.497 e. The zero-order chi connectivity index (χ0) is 23.0. The van der Waals surface area contributed by atoms with Crippen LogP contribution >= 0.6 is 0 Å². The molecule has 2 rings (SSSR count). The monoisotopic (exact) mass is 449 g/mol.